The van der Waals surface area contributed by atoms with Gasteiger partial charge in [0.05, 0.1) is 12.7 Å². The molecule has 0 spiro atoms. The van der Waals surface area contributed by atoms with E-state index in [1.807, 2.05) is 30.0 Å². The monoisotopic (exact) mass is 393 g/mol. The van der Waals surface area contributed by atoms with Crippen molar-refractivity contribution in [3.63, 3.8) is 0 Å². The van der Waals surface area contributed by atoms with Crippen molar-refractivity contribution >= 4 is 16.9 Å². The van der Waals surface area contributed by atoms with Gasteiger partial charge in [-0.25, -0.2) is 0 Å². The van der Waals surface area contributed by atoms with Crippen LogP contribution in [0.15, 0.2) is 41.0 Å². The molecule has 2 heterocycles. The Morgan fingerprint density at radius 2 is 1.93 bits per heavy atom. The first-order valence-corrected chi connectivity index (χ1v) is 10.1. The van der Waals surface area contributed by atoms with E-state index in [-0.39, 0.29) is 12.7 Å². The number of nitrogens with zero attached hydrogens (tertiary/aromatic N) is 1. The Labute approximate surface area is 171 Å². The number of carbonyl (C=O) groups excluding carboxylic acids is 1. The predicted octanol–water partition coefficient (Wildman–Crippen LogP) is 5.18. The summed E-state index contributed by atoms with van der Waals surface area (Å²) in [6.45, 7) is 9.90. The summed E-state index contributed by atoms with van der Waals surface area (Å²) in [4.78, 5) is 14.9. The molecule has 0 aliphatic carbocycles. The number of hydrogen-bond acceptors (Lipinski definition) is 4. The molecule has 1 aliphatic heterocycles. The summed E-state index contributed by atoms with van der Waals surface area (Å²) in [5.41, 5.74) is 5.32. The van der Waals surface area contributed by atoms with Gasteiger partial charge in [-0.05, 0) is 60.7 Å². The van der Waals surface area contributed by atoms with E-state index < -0.39 is 0 Å². The molecule has 0 atom stereocenters. The normalized spacial score (nSPS) is 12.7. The first-order chi connectivity index (χ1) is 14.0. The van der Waals surface area contributed by atoms with Crippen molar-refractivity contribution in [3.8, 4) is 11.5 Å². The van der Waals surface area contributed by atoms with Gasteiger partial charge < -0.3 is 18.8 Å². The average molecular weight is 393 g/mol. The van der Waals surface area contributed by atoms with Crippen molar-refractivity contribution in [1.29, 1.82) is 0 Å². The lowest BCUT2D eigenvalue weighted by molar-refractivity contribution is -0.130. The molecule has 1 amide bonds. The van der Waals surface area contributed by atoms with E-state index in [4.69, 9.17) is 13.9 Å². The zero-order valence-electron chi connectivity index (χ0n) is 17.5. The summed E-state index contributed by atoms with van der Waals surface area (Å²) >= 11 is 0. The van der Waals surface area contributed by atoms with E-state index in [1.165, 1.54) is 11.1 Å². The van der Waals surface area contributed by atoms with Crippen LogP contribution in [0.25, 0.3) is 11.0 Å². The van der Waals surface area contributed by atoms with Gasteiger partial charge in [0.2, 0.25) is 12.7 Å². The van der Waals surface area contributed by atoms with Gasteiger partial charge in [0.1, 0.15) is 5.58 Å². The molecule has 5 heteroatoms. The zero-order chi connectivity index (χ0) is 20.5. The maximum atomic E-state index is 13.0. The molecule has 1 aliphatic rings. The number of rotatable bonds is 6. The fraction of sp³-hybridized carbons (Fsp3) is 0.375. The third-order valence-electron chi connectivity index (χ3n) is 5.55. The highest BCUT2D eigenvalue weighted by Gasteiger charge is 2.19. The molecular formula is C24H27NO4. The molecule has 0 fully saturated rings. The summed E-state index contributed by atoms with van der Waals surface area (Å²) in [5.74, 6) is 2.00. The molecule has 0 N–H and O–H groups in total. The van der Waals surface area contributed by atoms with Crippen LogP contribution in [0.5, 0.6) is 11.5 Å². The van der Waals surface area contributed by atoms with E-state index in [9.17, 15) is 4.79 Å². The van der Waals surface area contributed by atoms with Crippen LogP contribution in [-0.2, 0) is 17.8 Å². The Hall–Kier alpha value is -2.95. The predicted molar refractivity (Wildman–Crippen MR) is 112 cm³/mol. The van der Waals surface area contributed by atoms with Crippen LogP contribution in [-0.4, -0.2) is 24.1 Å². The zero-order valence-corrected chi connectivity index (χ0v) is 17.5. The minimum absolute atomic E-state index is 0.0829. The number of ether oxygens (including phenoxy) is 2. The highest BCUT2D eigenvalue weighted by molar-refractivity contribution is 5.88. The Morgan fingerprint density at radius 1 is 1.14 bits per heavy atom. The number of carbonyl (C=O) groups is 1. The third-order valence-corrected chi connectivity index (χ3v) is 5.55. The second-order valence-corrected chi connectivity index (χ2v) is 7.89. The van der Waals surface area contributed by atoms with Gasteiger partial charge in [0.15, 0.2) is 11.5 Å². The van der Waals surface area contributed by atoms with Crippen molar-refractivity contribution in [1.82, 2.24) is 4.90 Å². The maximum absolute atomic E-state index is 13.0. The first-order valence-electron chi connectivity index (χ1n) is 10.1. The fourth-order valence-corrected chi connectivity index (χ4v) is 3.91. The molecule has 0 unspecified atom stereocenters. The minimum Gasteiger partial charge on any atom is -0.464 e. The lowest BCUT2D eigenvalue weighted by atomic mass is 9.95. The Morgan fingerprint density at radius 3 is 2.69 bits per heavy atom. The van der Waals surface area contributed by atoms with E-state index in [1.54, 1.807) is 6.26 Å². The SMILES string of the molecule is CCN(Cc1ccc2c(c1)OCO2)C(=O)Cc1coc2cc(C)c(C(C)C)cc12. The number of benzene rings is 2. The average Bonchev–Trinajstić information content (AvgIpc) is 3.31. The summed E-state index contributed by atoms with van der Waals surface area (Å²) in [6, 6.07) is 10.1. The van der Waals surface area contributed by atoms with Gasteiger partial charge in [-0.15, -0.1) is 0 Å². The van der Waals surface area contributed by atoms with Gasteiger partial charge >= 0.3 is 0 Å². The molecule has 0 radical (unpaired) electrons. The van der Waals surface area contributed by atoms with Crippen LogP contribution in [0.3, 0.4) is 0 Å². The fourth-order valence-electron chi connectivity index (χ4n) is 3.91. The molecule has 0 saturated carbocycles. The Bertz CT molecular complexity index is 1050. The summed E-state index contributed by atoms with van der Waals surface area (Å²) in [6.07, 6.45) is 2.05. The van der Waals surface area contributed by atoms with E-state index in [0.29, 0.717) is 25.4 Å². The molecule has 3 aromatic rings. The molecule has 0 bridgehead atoms. The highest BCUT2D eigenvalue weighted by Crippen LogP contribution is 2.33. The van der Waals surface area contributed by atoms with Gasteiger partial charge in [-0.1, -0.05) is 19.9 Å². The smallest absolute Gasteiger partial charge is 0.231 e. The number of likely N-dealkylation sites (N-methyl/N-ethyl adjacent to an activating group) is 1. The lowest BCUT2D eigenvalue weighted by Crippen LogP contribution is -2.31. The van der Waals surface area contributed by atoms with Crippen LogP contribution in [0.2, 0.25) is 0 Å². The van der Waals surface area contributed by atoms with Gasteiger partial charge in [0, 0.05) is 24.0 Å². The van der Waals surface area contributed by atoms with E-state index in [2.05, 4.69) is 32.9 Å². The van der Waals surface area contributed by atoms with Crippen LogP contribution in [0, 0.1) is 6.92 Å². The van der Waals surface area contributed by atoms with Crippen molar-refractivity contribution < 1.29 is 18.7 Å². The first kappa shape index (κ1) is 19.4. The Kier molecular flexibility index (Phi) is 5.22. The van der Waals surface area contributed by atoms with Crippen molar-refractivity contribution in [2.45, 2.75) is 46.6 Å². The molecule has 152 valence electrons. The molecule has 0 saturated heterocycles. The Balaban J connectivity index is 1.53. The van der Waals surface area contributed by atoms with Gasteiger partial charge in [0.25, 0.3) is 0 Å². The number of aryl methyl sites for hydroxylation is 1. The lowest BCUT2D eigenvalue weighted by Gasteiger charge is -2.21. The molecule has 5 nitrogen and oxygen atoms in total. The summed E-state index contributed by atoms with van der Waals surface area (Å²) < 4.78 is 16.6. The molecule has 2 aromatic carbocycles. The minimum atomic E-state index is 0.0829. The van der Waals surface area contributed by atoms with Gasteiger partial charge in [-0.2, -0.15) is 0 Å². The van der Waals surface area contributed by atoms with E-state index in [0.717, 1.165) is 33.6 Å². The van der Waals surface area contributed by atoms with Crippen LogP contribution < -0.4 is 9.47 Å². The maximum Gasteiger partial charge on any atom is 0.231 e. The van der Waals surface area contributed by atoms with E-state index >= 15 is 0 Å². The van der Waals surface area contributed by atoms with Crippen LogP contribution in [0.1, 0.15) is 48.9 Å². The molecule has 1 aromatic heterocycles. The number of hydrogen-bond donors (Lipinski definition) is 0. The number of amides is 1. The van der Waals surface area contributed by atoms with Crippen molar-refractivity contribution in [2.24, 2.45) is 0 Å². The third kappa shape index (κ3) is 3.82. The standard InChI is InChI=1S/C24H27NO4/c1-5-25(12-17-6-7-21-23(9-17)29-14-28-21)24(26)10-18-13-27-22-8-16(4)19(15(2)3)11-20(18)22/h6-9,11,13,15H,5,10,12,14H2,1-4H3. The topological polar surface area (TPSA) is 51.9 Å². The quantitative estimate of drug-likeness (QED) is 0.579. The highest BCUT2D eigenvalue weighted by atomic mass is 16.7. The largest absolute Gasteiger partial charge is 0.464 e. The van der Waals surface area contributed by atoms with Crippen molar-refractivity contribution in [3.05, 3.63) is 58.8 Å². The van der Waals surface area contributed by atoms with Crippen molar-refractivity contribution in [2.75, 3.05) is 13.3 Å². The number of fused-ring (bicyclic) bond motifs is 2. The molecule has 4 rings (SSSR count). The molecule has 29 heavy (non-hydrogen) atoms. The second-order valence-electron chi connectivity index (χ2n) is 7.89. The molecular weight excluding hydrogens is 366 g/mol. The van der Waals surface area contributed by atoms with Crippen LogP contribution >= 0.6 is 0 Å². The second kappa shape index (κ2) is 7.82. The number of furan rings is 1. The summed E-state index contributed by atoms with van der Waals surface area (Å²) in [7, 11) is 0. The summed E-state index contributed by atoms with van der Waals surface area (Å²) in [5, 5.41) is 1.03. The van der Waals surface area contributed by atoms with Crippen LogP contribution in [0.4, 0.5) is 0 Å². The van der Waals surface area contributed by atoms with Gasteiger partial charge in [-0.3, -0.25) is 4.79 Å².